The quantitative estimate of drug-likeness (QED) is 0.690. The SMILES string of the molecule is NCC(O)c1cc2ccoc2c2occc12. The van der Waals surface area contributed by atoms with Crippen molar-refractivity contribution >= 4 is 21.9 Å². The van der Waals surface area contributed by atoms with E-state index >= 15 is 0 Å². The van der Waals surface area contributed by atoms with Gasteiger partial charge in [-0.1, -0.05) is 0 Å². The molecule has 82 valence electrons. The van der Waals surface area contributed by atoms with Crippen molar-refractivity contribution in [2.45, 2.75) is 6.10 Å². The summed E-state index contributed by atoms with van der Waals surface area (Å²) in [5.74, 6) is 0. The summed E-state index contributed by atoms with van der Waals surface area (Å²) in [6.07, 6.45) is 2.50. The van der Waals surface area contributed by atoms with Gasteiger partial charge in [0.05, 0.1) is 18.6 Å². The van der Waals surface area contributed by atoms with Gasteiger partial charge >= 0.3 is 0 Å². The molecule has 2 aromatic heterocycles. The van der Waals surface area contributed by atoms with E-state index in [1.54, 1.807) is 12.5 Å². The fourth-order valence-corrected chi connectivity index (χ4v) is 1.98. The molecule has 1 aromatic carbocycles. The van der Waals surface area contributed by atoms with Gasteiger partial charge in [0.15, 0.2) is 11.2 Å². The standard InChI is InChI=1S/C12H11NO3/c13-6-10(14)9-5-7-1-3-15-11(7)12-8(9)2-4-16-12/h1-5,10,14H,6,13H2. The van der Waals surface area contributed by atoms with Crippen molar-refractivity contribution < 1.29 is 13.9 Å². The Hall–Kier alpha value is -1.78. The molecule has 4 heteroatoms. The highest BCUT2D eigenvalue weighted by molar-refractivity contribution is 6.02. The van der Waals surface area contributed by atoms with Crippen LogP contribution >= 0.6 is 0 Å². The third-order valence-corrected chi connectivity index (χ3v) is 2.77. The van der Waals surface area contributed by atoms with Crippen LogP contribution in [0.3, 0.4) is 0 Å². The molecule has 3 N–H and O–H groups in total. The number of furan rings is 2. The Morgan fingerprint density at radius 2 is 1.94 bits per heavy atom. The zero-order valence-corrected chi connectivity index (χ0v) is 8.51. The number of fused-ring (bicyclic) bond motifs is 3. The Balaban J connectivity index is 2.43. The summed E-state index contributed by atoms with van der Waals surface area (Å²) in [6, 6.07) is 5.53. The molecule has 4 nitrogen and oxygen atoms in total. The maximum absolute atomic E-state index is 9.85. The van der Waals surface area contributed by atoms with Crippen molar-refractivity contribution in [1.29, 1.82) is 0 Å². The van der Waals surface area contributed by atoms with E-state index in [0.717, 1.165) is 16.3 Å². The van der Waals surface area contributed by atoms with E-state index in [1.807, 2.05) is 18.2 Å². The summed E-state index contributed by atoms with van der Waals surface area (Å²) < 4.78 is 10.7. The second-order valence-corrected chi connectivity index (χ2v) is 3.72. The summed E-state index contributed by atoms with van der Waals surface area (Å²) in [5, 5.41) is 11.6. The minimum absolute atomic E-state index is 0.184. The molecule has 2 heterocycles. The number of rotatable bonds is 2. The lowest BCUT2D eigenvalue weighted by atomic mass is 10.0. The Kier molecular flexibility index (Phi) is 1.99. The van der Waals surface area contributed by atoms with Gasteiger partial charge in [0.25, 0.3) is 0 Å². The molecule has 16 heavy (non-hydrogen) atoms. The maximum Gasteiger partial charge on any atom is 0.177 e. The van der Waals surface area contributed by atoms with Crippen molar-refractivity contribution in [2.24, 2.45) is 5.73 Å². The molecule has 0 aliphatic heterocycles. The Labute approximate surface area is 91.2 Å². The van der Waals surface area contributed by atoms with Crippen LogP contribution in [0.5, 0.6) is 0 Å². The molecule has 0 saturated heterocycles. The summed E-state index contributed by atoms with van der Waals surface area (Å²) >= 11 is 0. The van der Waals surface area contributed by atoms with Crippen LogP contribution in [0.2, 0.25) is 0 Å². The smallest absolute Gasteiger partial charge is 0.177 e. The fourth-order valence-electron chi connectivity index (χ4n) is 1.98. The van der Waals surface area contributed by atoms with Gasteiger partial charge in [0.2, 0.25) is 0 Å². The Morgan fingerprint density at radius 3 is 2.75 bits per heavy atom. The molecule has 0 fully saturated rings. The Bertz CT molecular complexity index is 638. The third-order valence-electron chi connectivity index (χ3n) is 2.77. The fraction of sp³-hybridized carbons (Fsp3) is 0.167. The molecule has 0 spiro atoms. The monoisotopic (exact) mass is 217 g/mol. The average molecular weight is 217 g/mol. The largest absolute Gasteiger partial charge is 0.460 e. The van der Waals surface area contributed by atoms with E-state index in [9.17, 15) is 5.11 Å². The van der Waals surface area contributed by atoms with Crippen LogP contribution in [-0.4, -0.2) is 11.7 Å². The van der Waals surface area contributed by atoms with E-state index in [4.69, 9.17) is 14.6 Å². The molecule has 1 unspecified atom stereocenters. The molecule has 0 saturated carbocycles. The summed E-state index contributed by atoms with van der Waals surface area (Å²) in [6.45, 7) is 0.184. The van der Waals surface area contributed by atoms with Gasteiger partial charge in [-0.05, 0) is 23.8 Å². The van der Waals surface area contributed by atoms with E-state index in [0.29, 0.717) is 11.2 Å². The highest BCUT2D eigenvalue weighted by Crippen LogP contribution is 2.32. The minimum atomic E-state index is -0.681. The highest BCUT2D eigenvalue weighted by atomic mass is 16.4. The van der Waals surface area contributed by atoms with Gasteiger partial charge < -0.3 is 19.7 Å². The molecule has 0 bridgehead atoms. The number of hydrogen-bond donors (Lipinski definition) is 2. The number of benzene rings is 1. The molecular formula is C12H11NO3. The number of hydrogen-bond acceptors (Lipinski definition) is 4. The first-order valence-electron chi connectivity index (χ1n) is 5.06. The molecule has 0 radical (unpaired) electrons. The van der Waals surface area contributed by atoms with Gasteiger partial charge in [-0.15, -0.1) is 0 Å². The zero-order chi connectivity index (χ0) is 11.1. The molecule has 0 aliphatic carbocycles. The molecule has 3 aromatic rings. The van der Waals surface area contributed by atoms with E-state index in [2.05, 4.69) is 0 Å². The van der Waals surface area contributed by atoms with Gasteiger partial charge in [0, 0.05) is 17.3 Å². The lowest BCUT2D eigenvalue weighted by Gasteiger charge is -2.09. The number of aliphatic hydroxyl groups excluding tert-OH is 1. The molecule has 0 amide bonds. The third kappa shape index (κ3) is 1.17. The van der Waals surface area contributed by atoms with E-state index in [1.165, 1.54) is 0 Å². The lowest BCUT2D eigenvalue weighted by molar-refractivity contribution is 0.188. The van der Waals surface area contributed by atoms with Crippen LogP contribution in [0.25, 0.3) is 21.9 Å². The first kappa shape index (κ1) is 9.45. The summed E-state index contributed by atoms with van der Waals surface area (Å²) in [7, 11) is 0. The van der Waals surface area contributed by atoms with Gasteiger partial charge in [0.1, 0.15) is 0 Å². The normalized spacial score (nSPS) is 13.6. The lowest BCUT2D eigenvalue weighted by Crippen LogP contribution is -2.11. The second-order valence-electron chi connectivity index (χ2n) is 3.72. The predicted octanol–water partition coefficient (Wildman–Crippen LogP) is 2.17. The number of aliphatic hydroxyl groups is 1. The topological polar surface area (TPSA) is 72.5 Å². The van der Waals surface area contributed by atoms with Crippen LogP contribution in [0.15, 0.2) is 39.6 Å². The van der Waals surface area contributed by atoms with Gasteiger partial charge in [-0.2, -0.15) is 0 Å². The van der Waals surface area contributed by atoms with Crippen molar-refractivity contribution in [2.75, 3.05) is 6.54 Å². The highest BCUT2D eigenvalue weighted by Gasteiger charge is 2.16. The molecule has 3 rings (SSSR count). The van der Waals surface area contributed by atoms with Gasteiger partial charge in [-0.3, -0.25) is 0 Å². The summed E-state index contributed by atoms with van der Waals surface area (Å²) in [5.41, 5.74) is 7.62. The first-order valence-corrected chi connectivity index (χ1v) is 5.06. The molecular weight excluding hydrogens is 206 g/mol. The average Bonchev–Trinajstić information content (AvgIpc) is 2.93. The predicted molar refractivity (Wildman–Crippen MR) is 60.0 cm³/mol. The van der Waals surface area contributed by atoms with E-state index in [-0.39, 0.29) is 6.54 Å². The van der Waals surface area contributed by atoms with Crippen LogP contribution in [0.1, 0.15) is 11.7 Å². The van der Waals surface area contributed by atoms with Crippen molar-refractivity contribution in [3.05, 3.63) is 36.3 Å². The summed E-state index contributed by atoms with van der Waals surface area (Å²) in [4.78, 5) is 0. The zero-order valence-electron chi connectivity index (χ0n) is 8.51. The van der Waals surface area contributed by atoms with Crippen LogP contribution in [0, 0.1) is 0 Å². The molecule has 0 aliphatic rings. The van der Waals surface area contributed by atoms with Crippen molar-refractivity contribution in [3.8, 4) is 0 Å². The number of nitrogens with two attached hydrogens (primary N) is 1. The van der Waals surface area contributed by atoms with Crippen molar-refractivity contribution in [3.63, 3.8) is 0 Å². The second kappa shape index (κ2) is 3.37. The van der Waals surface area contributed by atoms with Crippen LogP contribution < -0.4 is 5.73 Å². The van der Waals surface area contributed by atoms with Gasteiger partial charge in [-0.25, -0.2) is 0 Å². The Morgan fingerprint density at radius 1 is 1.19 bits per heavy atom. The van der Waals surface area contributed by atoms with Crippen molar-refractivity contribution in [1.82, 2.24) is 0 Å². The van der Waals surface area contributed by atoms with Crippen LogP contribution in [-0.2, 0) is 0 Å². The maximum atomic E-state index is 9.85. The van der Waals surface area contributed by atoms with E-state index < -0.39 is 6.10 Å². The first-order chi connectivity index (χ1) is 7.81. The minimum Gasteiger partial charge on any atom is -0.460 e. The molecule has 1 atom stereocenters. The van der Waals surface area contributed by atoms with Crippen LogP contribution in [0.4, 0.5) is 0 Å².